The van der Waals surface area contributed by atoms with Crippen molar-refractivity contribution < 1.29 is 18.7 Å². The maximum absolute atomic E-state index is 13.1. The molecule has 0 bridgehead atoms. The molecule has 1 aromatic heterocycles. The number of fused-ring (bicyclic) bond motifs is 1. The lowest BCUT2D eigenvalue weighted by Crippen LogP contribution is -2.55. The molecule has 31 heavy (non-hydrogen) atoms. The monoisotopic (exact) mass is 439 g/mol. The first kappa shape index (κ1) is 21.1. The number of rotatable bonds is 5. The predicted octanol–water partition coefficient (Wildman–Crippen LogP) is 4.32. The molecule has 2 aromatic carbocycles. The van der Waals surface area contributed by atoms with E-state index in [1.165, 1.54) is 11.0 Å². The zero-order valence-electron chi connectivity index (χ0n) is 17.1. The first-order valence-corrected chi connectivity index (χ1v) is 10.5. The Labute approximate surface area is 184 Å². The highest BCUT2D eigenvalue weighted by Crippen LogP contribution is 2.42. The van der Waals surface area contributed by atoms with Crippen molar-refractivity contribution in [2.24, 2.45) is 0 Å². The predicted molar refractivity (Wildman–Crippen MR) is 117 cm³/mol. The molecule has 0 N–H and O–H groups in total. The molecule has 1 heterocycles. The summed E-state index contributed by atoms with van der Waals surface area (Å²) in [5, 5.41) is 1.21. The van der Waals surface area contributed by atoms with Crippen molar-refractivity contribution in [3.63, 3.8) is 0 Å². The maximum atomic E-state index is 13.1. The Morgan fingerprint density at radius 2 is 1.90 bits per heavy atom. The number of nitrogens with zero attached hydrogens (tertiary/aromatic N) is 1. The van der Waals surface area contributed by atoms with Gasteiger partial charge in [-0.3, -0.25) is 9.59 Å². The number of halogens is 1. The van der Waals surface area contributed by atoms with Gasteiger partial charge in [-0.15, -0.1) is 0 Å². The number of likely N-dealkylation sites (N-methyl/N-ethyl adjacent to an activating group) is 1. The summed E-state index contributed by atoms with van der Waals surface area (Å²) in [6, 6.07) is 15.2. The van der Waals surface area contributed by atoms with Crippen LogP contribution in [-0.2, 0) is 15.1 Å². The summed E-state index contributed by atoms with van der Waals surface area (Å²) >= 11 is 6.44. The number of ether oxygens (including phenoxy) is 1. The zero-order chi connectivity index (χ0) is 22.0. The lowest BCUT2D eigenvalue weighted by atomic mass is 9.74. The molecule has 0 spiro atoms. The standard InChI is InChI=1S/C24H22ClNO5/c1-26(24(13-5-4-8-21(24)27)18-6-2-3-7-19(18)25)22(28)15-30-17-11-9-16-10-12-23(29)31-20(16)14-17/h2-3,6-7,9-12,14H,4-5,8,13,15H2,1H3. The van der Waals surface area contributed by atoms with E-state index >= 15 is 0 Å². The third-order valence-corrected chi connectivity index (χ3v) is 6.21. The van der Waals surface area contributed by atoms with Crippen molar-refractivity contribution in [2.75, 3.05) is 13.7 Å². The van der Waals surface area contributed by atoms with Crippen LogP contribution in [0.5, 0.6) is 5.75 Å². The second kappa shape index (κ2) is 8.55. The minimum absolute atomic E-state index is 0.0184. The van der Waals surface area contributed by atoms with Crippen LogP contribution in [0.1, 0.15) is 31.2 Å². The summed E-state index contributed by atoms with van der Waals surface area (Å²) < 4.78 is 10.8. The van der Waals surface area contributed by atoms with Crippen molar-refractivity contribution in [3.8, 4) is 5.75 Å². The highest BCUT2D eigenvalue weighted by Gasteiger charge is 2.47. The third kappa shape index (κ3) is 3.95. The fourth-order valence-corrected chi connectivity index (χ4v) is 4.51. The molecule has 1 aliphatic rings. The number of carbonyl (C=O) groups excluding carboxylic acids is 2. The molecular weight excluding hydrogens is 418 g/mol. The Morgan fingerprint density at radius 1 is 1.13 bits per heavy atom. The van der Waals surface area contributed by atoms with Crippen molar-refractivity contribution in [1.82, 2.24) is 4.90 Å². The van der Waals surface area contributed by atoms with Gasteiger partial charge in [0.15, 0.2) is 12.4 Å². The molecule has 1 atom stereocenters. The first-order chi connectivity index (χ1) is 14.9. The van der Waals surface area contributed by atoms with Crippen molar-refractivity contribution in [3.05, 3.63) is 75.6 Å². The molecule has 1 fully saturated rings. The molecule has 1 unspecified atom stereocenters. The number of Topliss-reactive ketones (excluding diaryl/α,β-unsaturated/α-hetero) is 1. The Balaban J connectivity index is 1.58. The SMILES string of the molecule is CN(C(=O)COc1ccc2ccc(=O)oc2c1)C1(c2ccccc2Cl)CCCCC1=O. The van der Waals surface area contributed by atoms with Crippen LogP contribution >= 0.6 is 11.6 Å². The summed E-state index contributed by atoms with van der Waals surface area (Å²) in [5.41, 5.74) is -0.545. The van der Waals surface area contributed by atoms with Crippen LogP contribution in [0.4, 0.5) is 0 Å². The van der Waals surface area contributed by atoms with Gasteiger partial charge in [-0.1, -0.05) is 29.8 Å². The van der Waals surface area contributed by atoms with E-state index < -0.39 is 11.2 Å². The number of hydrogen-bond donors (Lipinski definition) is 0. The van der Waals surface area contributed by atoms with E-state index in [9.17, 15) is 14.4 Å². The Morgan fingerprint density at radius 3 is 2.68 bits per heavy atom. The topological polar surface area (TPSA) is 76.8 Å². The van der Waals surface area contributed by atoms with Crippen LogP contribution in [0.2, 0.25) is 5.02 Å². The average Bonchev–Trinajstić information content (AvgIpc) is 2.77. The molecule has 3 aromatic rings. The lowest BCUT2D eigenvalue weighted by Gasteiger charge is -2.43. The number of hydrogen-bond acceptors (Lipinski definition) is 5. The van der Waals surface area contributed by atoms with Gasteiger partial charge in [0.2, 0.25) is 0 Å². The Kier molecular flexibility index (Phi) is 5.83. The van der Waals surface area contributed by atoms with Crippen molar-refractivity contribution in [1.29, 1.82) is 0 Å². The molecule has 1 saturated carbocycles. The molecule has 0 radical (unpaired) electrons. The van der Waals surface area contributed by atoms with Gasteiger partial charge in [0.25, 0.3) is 5.91 Å². The fraction of sp³-hybridized carbons (Fsp3) is 0.292. The molecule has 6 nitrogen and oxygen atoms in total. The van der Waals surface area contributed by atoms with Crippen LogP contribution in [0, 0.1) is 0 Å². The Bertz CT molecular complexity index is 1200. The number of benzene rings is 2. The minimum atomic E-state index is -1.10. The van der Waals surface area contributed by atoms with Gasteiger partial charge >= 0.3 is 5.63 Å². The van der Waals surface area contributed by atoms with E-state index in [0.717, 1.165) is 18.2 Å². The molecular formula is C24H22ClNO5. The summed E-state index contributed by atoms with van der Waals surface area (Å²) in [6.07, 6.45) is 2.53. The third-order valence-electron chi connectivity index (χ3n) is 5.88. The quantitative estimate of drug-likeness (QED) is 0.553. The second-order valence-corrected chi connectivity index (χ2v) is 8.07. The Hall–Kier alpha value is -3.12. The van der Waals surface area contributed by atoms with E-state index in [2.05, 4.69) is 0 Å². The lowest BCUT2D eigenvalue weighted by molar-refractivity contribution is -0.149. The van der Waals surface area contributed by atoms with Crippen LogP contribution < -0.4 is 10.4 Å². The van der Waals surface area contributed by atoms with E-state index in [1.54, 1.807) is 43.4 Å². The van der Waals surface area contributed by atoms with E-state index in [4.69, 9.17) is 20.8 Å². The molecule has 0 saturated heterocycles. The van der Waals surface area contributed by atoms with E-state index in [-0.39, 0.29) is 18.3 Å². The van der Waals surface area contributed by atoms with E-state index in [1.807, 2.05) is 12.1 Å². The van der Waals surface area contributed by atoms with Crippen molar-refractivity contribution in [2.45, 2.75) is 31.2 Å². The maximum Gasteiger partial charge on any atom is 0.336 e. The van der Waals surface area contributed by atoms with Gasteiger partial charge in [-0.25, -0.2) is 4.79 Å². The minimum Gasteiger partial charge on any atom is -0.484 e. The fourth-order valence-electron chi connectivity index (χ4n) is 4.22. The van der Waals surface area contributed by atoms with Gasteiger partial charge in [-0.05, 0) is 43.5 Å². The molecule has 0 aliphatic heterocycles. The van der Waals surface area contributed by atoms with Crippen molar-refractivity contribution >= 4 is 34.3 Å². The number of ketones is 1. The summed E-state index contributed by atoms with van der Waals surface area (Å²) in [5.74, 6) is 0.0327. The average molecular weight is 440 g/mol. The van der Waals surface area contributed by atoms with Crippen LogP contribution in [-0.4, -0.2) is 30.2 Å². The van der Waals surface area contributed by atoms with Crippen LogP contribution in [0.15, 0.2) is 63.8 Å². The highest BCUT2D eigenvalue weighted by molar-refractivity contribution is 6.31. The summed E-state index contributed by atoms with van der Waals surface area (Å²) in [7, 11) is 1.62. The summed E-state index contributed by atoms with van der Waals surface area (Å²) in [6.45, 7) is -0.265. The second-order valence-electron chi connectivity index (χ2n) is 7.67. The van der Waals surface area contributed by atoms with E-state index in [0.29, 0.717) is 34.8 Å². The molecule has 1 aliphatic carbocycles. The van der Waals surface area contributed by atoms with Gasteiger partial charge in [0, 0.05) is 41.6 Å². The largest absolute Gasteiger partial charge is 0.484 e. The number of amides is 1. The van der Waals surface area contributed by atoms with Crippen LogP contribution in [0.3, 0.4) is 0 Å². The first-order valence-electron chi connectivity index (χ1n) is 10.1. The summed E-state index contributed by atoms with van der Waals surface area (Å²) in [4.78, 5) is 39.1. The highest BCUT2D eigenvalue weighted by atomic mass is 35.5. The van der Waals surface area contributed by atoms with Gasteiger partial charge in [-0.2, -0.15) is 0 Å². The zero-order valence-corrected chi connectivity index (χ0v) is 17.9. The molecule has 1 amide bonds. The smallest absolute Gasteiger partial charge is 0.336 e. The molecule has 4 rings (SSSR count). The molecule has 160 valence electrons. The molecule has 7 heteroatoms. The normalized spacial score (nSPS) is 18.7. The van der Waals surface area contributed by atoms with Gasteiger partial charge in [0.05, 0.1) is 0 Å². The van der Waals surface area contributed by atoms with Crippen LogP contribution in [0.25, 0.3) is 11.0 Å². The van der Waals surface area contributed by atoms with Gasteiger partial charge < -0.3 is 14.1 Å². The van der Waals surface area contributed by atoms with Gasteiger partial charge in [0.1, 0.15) is 16.9 Å². The number of carbonyl (C=O) groups is 2.